The van der Waals surface area contributed by atoms with Gasteiger partial charge < -0.3 is 11.5 Å². The van der Waals surface area contributed by atoms with E-state index in [1.807, 2.05) is 12.1 Å². The normalized spacial score (nSPS) is 10.8. The smallest absolute Gasteiger partial charge is 0.123 e. The Labute approximate surface area is 78.5 Å². The van der Waals surface area contributed by atoms with Gasteiger partial charge in [-0.2, -0.15) is 0 Å². The molecule has 0 aliphatic heterocycles. The molecule has 4 N–H and O–H groups in total. The average Bonchev–Trinajstić information content (AvgIpc) is 2.13. The van der Waals surface area contributed by atoms with Crippen molar-refractivity contribution in [1.29, 1.82) is 0 Å². The molecule has 1 heterocycles. The summed E-state index contributed by atoms with van der Waals surface area (Å²) in [6, 6.07) is 3.84. The summed E-state index contributed by atoms with van der Waals surface area (Å²) in [4.78, 5) is 3.92. The Morgan fingerprint density at radius 3 is 2.92 bits per heavy atom. The Bertz CT molecular complexity index is 281. The van der Waals surface area contributed by atoms with Crippen LogP contribution < -0.4 is 11.5 Å². The number of hydrogen-bond donors (Lipinski definition) is 2. The zero-order valence-electron chi connectivity index (χ0n) is 7.61. The molecule has 3 heteroatoms. The van der Waals surface area contributed by atoms with Gasteiger partial charge in [0.25, 0.3) is 0 Å². The molecular weight excluding hydrogens is 162 g/mol. The highest BCUT2D eigenvalue weighted by Gasteiger charge is 1.90. The molecule has 1 aromatic heterocycles. The van der Waals surface area contributed by atoms with Gasteiger partial charge in [-0.25, -0.2) is 4.98 Å². The summed E-state index contributed by atoms with van der Waals surface area (Å²) in [6.07, 6.45) is 7.73. The summed E-state index contributed by atoms with van der Waals surface area (Å²) in [5.41, 5.74) is 12.1. The molecule has 0 bridgehead atoms. The third kappa shape index (κ3) is 3.71. The summed E-state index contributed by atoms with van der Waals surface area (Å²) in [5.74, 6) is 0.574. The van der Waals surface area contributed by atoms with Crippen molar-refractivity contribution in [2.24, 2.45) is 5.73 Å². The largest absolute Gasteiger partial charge is 0.384 e. The van der Waals surface area contributed by atoms with Gasteiger partial charge in [-0.1, -0.05) is 12.2 Å². The van der Waals surface area contributed by atoms with E-state index in [0.29, 0.717) is 12.4 Å². The van der Waals surface area contributed by atoms with Crippen LogP contribution in [0.15, 0.2) is 30.5 Å². The lowest BCUT2D eigenvalue weighted by Gasteiger charge is -1.96. The minimum Gasteiger partial charge on any atom is -0.384 e. The van der Waals surface area contributed by atoms with Gasteiger partial charge in [-0.05, 0) is 37.1 Å². The number of allylic oxidation sites excluding steroid dienone is 1. The van der Waals surface area contributed by atoms with E-state index in [0.717, 1.165) is 12.8 Å². The molecule has 1 aromatic rings. The maximum Gasteiger partial charge on any atom is 0.123 e. The molecule has 70 valence electrons. The molecule has 0 aliphatic carbocycles. The maximum absolute atomic E-state index is 5.53. The van der Waals surface area contributed by atoms with Crippen LogP contribution in [-0.2, 0) is 6.42 Å². The maximum atomic E-state index is 5.53. The van der Waals surface area contributed by atoms with Gasteiger partial charge in [0.2, 0.25) is 0 Å². The summed E-state index contributed by atoms with van der Waals surface area (Å²) in [7, 11) is 0. The number of anilines is 1. The Morgan fingerprint density at radius 1 is 1.38 bits per heavy atom. The number of pyridine rings is 1. The van der Waals surface area contributed by atoms with Gasteiger partial charge in [0.15, 0.2) is 0 Å². The first-order chi connectivity index (χ1) is 6.33. The van der Waals surface area contributed by atoms with Crippen molar-refractivity contribution in [3.8, 4) is 0 Å². The zero-order chi connectivity index (χ0) is 9.52. The topological polar surface area (TPSA) is 64.9 Å². The summed E-state index contributed by atoms with van der Waals surface area (Å²) in [5, 5.41) is 0. The van der Waals surface area contributed by atoms with Crippen molar-refractivity contribution in [2.45, 2.75) is 12.8 Å². The highest BCUT2D eigenvalue weighted by atomic mass is 14.8. The van der Waals surface area contributed by atoms with Gasteiger partial charge in [-0.3, -0.25) is 0 Å². The van der Waals surface area contributed by atoms with Crippen molar-refractivity contribution in [3.63, 3.8) is 0 Å². The number of rotatable bonds is 4. The lowest BCUT2D eigenvalue weighted by Crippen LogP contribution is -1.95. The van der Waals surface area contributed by atoms with Crippen LogP contribution in [0.5, 0.6) is 0 Å². The third-order valence-corrected chi connectivity index (χ3v) is 1.70. The molecular formula is C10H15N3. The Hall–Kier alpha value is -1.35. The second kappa shape index (κ2) is 5.32. The van der Waals surface area contributed by atoms with Crippen LogP contribution in [0.25, 0.3) is 0 Å². The lowest BCUT2D eigenvalue weighted by atomic mass is 10.2. The van der Waals surface area contributed by atoms with Crippen LogP contribution in [0, 0.1) is 0 Å². The molecule has 0 aromatic carbocycles. The number of hydrogen-bond acceptors (Lipinski definition) is 3. The molecule has 0 amide bonds. The van der Waals surface area contributed by atoms with Crippen LogP contribution in [0.2, 0.25) is 0 Å². The molecule has 0 unspecified atom stereocenters. The SMILES string of the molecule is NCCC=CCc1ccnc(N)c1. The summed E-state index contributed by atoms with van der Waals surface area (Å²) in [6.45, 7) is 0.703. The second-order valence-corrected chi connectivity index (χ2v) is 2.84. The fraction of sp³-hybridized carbons (Fsp3) is 0.300. The highest BCUT2D eigenvalue weighted by molar-refractivity contribution is 5.32. The lowest BCUT2D eigenvalue weighted by molar-refractivity contribution is 1.00. The van der Waals surface area contributed by atoms with Crippen molar-refractivity contribution >= 4 is 5.82 Å². The van der Waals surface area contributed by atoms with Crippen LogP contribution in [0.4, 0.5) is 5.82 Å². The second-order valence-electron chi connectivity index (χ2n) is 2.84. The van der Waals surface area contributed by atoms with Crippen molar-refractivity contribution < 1.29 is 0 Å². The molecule has 0 aliphatic rings. The average molecular weight is 177 g/mol. The predicted octanol–water partition coefficient (Wildman–Crippen LogP) is 1.11. The van der Waals surface area contributed by atoms with E-state index < -0.39 is 0 Å². The van der Waals surface area contributed by atoms with E-state index in [9.17, 15) is 0 Å². The zero-order valence-corrected chi connectivity index (χ0v) is 7.61. The molecule has 0 atom stereocenters. The molecule has 0 saturated carbocycles. The molecule has 3 nitrogen and oxygen atoms in total. The van der Waals surface area contributed by atoms with E-state index >= 15 is 0 Å². The highest BCUT2D eigenvalue weighted by Crippen LogP contribution is 2.04. The Kier molecular flexibility index (Phi) is 3.99. The summed E-state index contributed by atoms with van der Waals surface area (Å²) < 4.78 is 0. The first-order valence-electron chi connectivity index (χ1n) is 4.38. The third-order valence-electron chi connectivity index (χ3n) is 1.70. The van der Waals surface area contributed by atoms with Crippen LogP contribution >= 0.6 is 0 Å². The quantitative estimate of drug-likeness (QED) is 0.677. The van der Waals surface area contributed by atoms with Crippen molar-refractivity contribution in [3.05, 3.63) is 36.0 Å². The monoisotopic (exact) mass is 177 g/mol. The molecule has 0 spiro atoms. The van der Waals surface area contributed by atoms with E-state index in [2.05, 4.69) is 17.1 Å². The number of nitrogens with zero attached hydrogens (tertiary/aromatic N) is 1. The van der Waals surface area contributed by atoms with Gasteiger partial charge in [-0.15, -0.1) is 0 Å². The molecule has 0 fully saturated rings. The van der Waals surface area contributed by atoms with Gasteiger partial charge >= 0.3 is 0 Å². The molecule has 0 saturated heterocycles. The van der Waals surface area contributed by atoms with Crippen LogP contribution in [0.3, 0.4) is 0 Å². The van der Waals surface area contributed by atoms with Crippen LogP contribution in [-0.4, -0.2) is 11.5 Å². The number of nitrogens with two attached hydrogens (primary N) is 2. The van der Waals surface area contributed by atoms with E-state index in [-0.39, 0.29) is 0 Å². The standard InChI is InChI=1S/C10H15N3/c11-6-3-1-2-4-9-5-7-13-10(12)8-9/h1-2,5,7-8H,3-4,6,11H2,(H2,12,13). The van der Waals surface area contributed by atoms with Crippen LogP contribution in [0.1, 0.15) is 12.0 Å². The van der Waals surface area contributed by atoms with Crippen molar-refractivity contribution in [1.82, 2.24) is 4.98 Å². The Morgan fingerprint density at radius 2 is 2.23 bits per heavy atom. The first kappa shape index (κ1) is 9.74. The van der Waals surface area contributed by atoms with Crippen molar-refractivity contribution in [2.75, 3.05) is 12.3 Å². The molecule has 13 heavy (non-hydrogen) atoms. The van der Waals surface area contributed by atoms with Gasteiger partial charge in [0.05, 0.1) is 0 Å². The van der Waals surface area contributed by atoms with Gasteiger partial charge in [0, 0.05) is 6.20 Å². The van der Waals surface area contributed by atoms with E-state index in [1.165, 1.54) is 5.56 Å². The number of aromatic nitrogens is 1. The van der Waals surface area contributed by atoms with Gasteiger partial charge in [0.1, 0.15) is 5.82 Å². The molecule has 0 radical (unpaired) electrons. The minimum absolute atomic E-state index is 0.574. The summed E-state index contributed by atoms with van der Waals surface area (Å²) >= 11 is 0. The Balaban J connectivity index is 2.45. The fourth-order valence-corrected chi connectivity index (χ4v) is 1.05. The van der Waals surface area contributed by atoms with E-state index in [4.69, 9.17) is 11.5 Å². The van der Waals surface area contributed by atoms with E-state index in [1.54, 1.807) is 6.20 Å². The fourth-order valence-electron chi connectivity index (χ4n) is 1.05. The minimum atomic E-state index is 0.574. The first-order valence-corrected chi connectivity index (χ1v) is 4.38. The molecule has 1 rings (SSSR count). The number of nitrogen functional groups attached to an aromatic ring is 1. The predicted molar refractivity (Wildman–Crippen MR) is 55.2 cm³/mol.